The second kappa shape index (κ2) is 12.7. The Morgan fingerprint density at radius 1 is 1.07 bits per heavy atom. The van der Waals surface area contributed by atoms with Crippen LogP contribution in [-0.2, 0) is 22.6 Å². The molecule has 10 nitrogen and oxygen atoms in total. The molecule has 0 aliphatic heterocycles. The molecule has 0 bridgehead atoms. The molecule has 3 amide bonds. The number of ether oxygens (including phenoxy) is 1. The Balaban J connectivity index is 2.00. The van der Waals surface area contributed by atoms with Gasteiger partial charge in [0.05, 0.1) is 36.7 Å². The number of fused-ring (bicyclic) bond motifs is 1. The third kappa shape index (κ3) is 7.42. The average molecular weight is 560 g/mol. The van der Waals surface area contributed by atoms with Crippen LogP contribution in [0.25, 0.3) is 11.0 Å². The maximum Gasteiger partial charge on any atom is 0.290 e. The van der Waals surface area contributed by atoms with Crippen molar-refractivity contribution in [2.24, 2.45) is 0 Å². The number of aryl methyl sites for hydroxylation is 1. The molecule has 0 saturated heterocycles. The van der Waals surface area contributed by atoms with E-state index in [4.69, 9.17) is 48.4 Å². The van der Waals surface area contributed by atoms with Gasteiger partial charge < -0.3 is 29.4 Å². The van der Waals surface area contributed by atoms with Crippen LogP contribution in [0.3, 0.4) is 0 Å². The second-order valence-electron chi connectivity index (χ2n) is 10.3. The van der Waals surface area contributed by atoms with Crippen LogP contribution in [0, 0.1) is 0 Å². The first-order valence-electron chi connectivity index (χ1n) is 13.2. The molecule has 208 valence electrons. The van der Waals surface area contributed by atoms with Gasteiger partial charge in [0.25, 0.3) is 5.91 Å². The molecule has 2 aromatic heterocycles. The number of amides is 3. The summed E-state index contributed by atoms with van der Waals surface area (Å²) < 4.78 is 11.3. The Morgan fingerprint density at radius 3 is 2.36 bits per heavy atom. The number of furan rings is 1. The summed E-state index contributed by atoms with van der Waals surface area (Å²) in [7, 11) is 28.0. The lowest BCUT2D eigenvalue weighted by Gasteiger charge is -2.48. The zero-order valence-electron chi connectivity index (χ0n) is 24.1. The summed E-state index contributed by atoms with van der Waals surface area (Å²) in [5.41, 5.74) is -2.73. The molecule has 0 saturated carbocycles. The predicted octanol–water partition coefficient (Wildman–Crippen LogP) is 0.212. The summed E-state index contributed by atoms with van der Waals surface area (Å²) in [5, 5.41) is 11.0. The molecule has 1 aromatic carbocycles. The number of aromatic nitrogens is 1. The highest BCUT2D eigenvalue weighted by Gasteiger charge is 2.43. The molecule has 0 unspecified atom stereocenters. The van der Waals surface area contributed by atoms with E-state index >= 15 is 0 Å². The van der Waals surface area contributed by atoms with E-state index in [0.717, 1.165) is 16.9 Å². The highest BCUT2D eigenvalue weighted by molar-refractivity contribution is 6.60. The van der Waals surface area contributed by atoms with Crippen molar-refractivity contribution >= 4 is 67.9 Å². The minimum atomic E-state index is -2.90. The van der Waals surface area contributed by atoms with Gasteiger partial charge in [-0.15, -0.1) is 0 Å². The molecule has 0 spiro atoms. The molecule has 15 heteroatoms. The Hall–Kier alpha value is -3.60. The van der Waals surface area contributed by atoms with Crippen molar-refractivity contribution in [2.45, 2.75) is 57.0 Å². The maximum atomic E-state index is 13.9. The largest absolute Gasteiger partial charge is 0.492 e. The first-order valence-corrected chi connectivity index (χ1v) is 13.2. The Labute approximate surface area is 252 Å². The fourth-order valence-electron chi connectivity index (χ4n) is 4.35. The van der Waals surface area contributed by atoms with Gasteiger partial charge in [-0.05, 0) is 63.1 Å². The number of hydrogen-bond acceptors (Lipinski definition) is 7. The average Bonchev–Trinajstić information content (AvgIpc) is 3.32. The van der Waals surface area contributed by atoms with Crippen molar-refractivity contribution in [2.75, 3.05) is 13.2 Å². The molecule has 42 heavy (non-hydrogen) atoms. The molecule has 3 aromatic rings. The van der Waals surface area contributed by atoms with Gasteiger partial charge in [0.2, 0.25) is 11.8 Å². The van der Waals surface area contributed by atoms with Crippen LogP contribution in [0.5, 0.6) is 5.75 Å². The van der Waals surface area contributed by atoms with Gasteiger partial charge >= 0.3 is 0 Å². The van der Waals surface area contributed by atoms with Gasteiger partial charge in [-0.25, -0.2) is 0 Å². The van der Waals surface area contributed by atoms with Crippen molar-refractivity contribution in [1.82, 2.24) is 20.1 Å². The van der Waals surface area contributed by atoms with Crippen LogP contribution in [-0.4, -0.2) is 106 Å². The van der Waals surface area contributed by atoms with E-state index in [-0.39, 0.29) is 17.2 Å². The fraction of sp³-hybridized carbons (Fsp3) is 0.407. The molecule has 0 aliphatic carbocycles. The second-order valence-corrected chi connectivity index (χ2v) is 10.3. The number of hydrogen-bond donors (Lipinski definition) is 2. The SMILES string of the molecule is [B]C([B])([B])N(C(=O)CN(C(=O)c1cc2cc(CC)ccc2o1)C(C)(C)C(=O)NCc1ncccc1OCC)C([B])([B])O. The van der Waals surface area contributed by atoms with Gasteiger partial charge in [0.15, 0.2) is 5.76 Å². The van der Waals surface area contributed by atoms with Gasteiger partial charge in [-0.2, -0.15) is 0 Å². The minimum absolute atomic E-state index is 0.0478. The van der Waals surface area contributed by atoms with Gasteiger partial charge in [0, 0.05) is 17.1 Å². The summed E-state index contributed by atoms with van der Waals surface area (Å²) >= 11 is 0. The lowest BCUT2D eigenvalue weighted by molar-refractivity contribution is -0.143. The van der Waals surface area contributed by atoms with Gasteiger partial charge in [-0.1, -0.05) is 18.2 Å². The molecule has 0 fully saturated rings. The zero-order chi connectivity index (χ0) is 31.5. The summed E-state index contributed by atoms with van der Waals surface area (Å²) in [6.45, 7) is 6.08. The highest BCUT2D eigenvalue weighted by atomic mass is 16.5. The van der Waals surface area contributed by atoms with Crippen molar-refractivity contribution in [3.8, 4) is 5.75 Å². The standard InChI is InChI=1S/C27H29B5N4O6/c1-5-16-9-10-19-17(12-16)13-21(42-19)23(38)35(15-22(37)36(26(28,29)30)27(31,32)40)25(3,4)24(39)34-14-18-20(41-6-2)8-7-11-33-18/h7-13,40H,5-6,14-15H2,1-4H3,(H,34,39). The smallest absolute Gasteiger partial charge is 0.290 e. The first-order chi connectivity index (χ1) is 19.5. The van der Waals surface area contributed by atoms with Crippen molar-refractivity contribution in [3.63, 3.8) is 0 Å². The summed E-state index contributed by atoms with van der Waals surface area (Å²) in [6.07, 6.45) is 2.30. The van der Waals surface area contributed by atoms with Crippen LogP contribution < -0.4 is 10.1 Å². The molecule has 0 aliphatic rings. The summed E-state index contributed by atoms with van der Waals surface area (Å²) in [6, 6.07) is 10.3. The third-order valence-corrected chi connectivity index (χ3v) is 6.53. The first kappa shape index (κ1) is 32.9. The molecular formula is C27H29B5N4O6. The Bertz CT molecular complexity index is 1440. The van der Waals surface area contributed by atoms with Gasteiger partial charge in [-0.3, -0.25) is 19.4 Å². The number of carbonyl (C=O) groups excluding carboxylic acids is 3. The lowest BCUT2D eigenvalue weighted by Crippen LogP contribution is -2.68. The number of benzene rings is 1. The molecule has 3 rings (SSSR count). The van der Waals surface area contributed by atoms with Crippen LogP contribution in [0.4, 0.5) is 0 Å². The van der Waals surface area contributed by atoms with Crippen LogP contribution in [0.1, 0.15) is 49.5 Å². The topological polar surface area (TPSA) is 125 Å². The van der Waals surface area contributed by atoms with Crippen LogP contribution >= 0.6 is 0 Å². The number of aliphatic hydroxyl groups is 1. The number of nitrogens with one attached hydrogen (secondary N) is 1. The maximum absolute atomic E-state index is 13.9. The lowest BCUT2D eigenvalue weighted by atomic mass is 9.46. The van der Waals surface area contributed by atoms with Crippen molar-refractivity contribution in [3.05, 3.63) is 59.6 Å². The van der Waals surface area contributed by atoms with E-state index in [1.54, 1.807) is 24.4 Å². The van der Waals surface area contributed by atoms with Crippen LogP contribution in [0.2, 0.25) is 0 Å². The molecule has 2 N–H and O–H groups in total. The third-order valence-electron chi connectivity index (χ3n) is 6.53. The normalized spacial score (nSPS) is 12.1. The monoisotopic (exact) mass is 560 g/mol. The van der Waals surface area contributed by atoms with E-state index in [1.165, 1.54) is 19.9 Å². The summed E-state index contributed by atoms with van der Waals surface area (Å²) in [5.74, 6) is -2.34. The fourth-order valence-corrected chi connectivity index (χ4v) is 4.35. The number of nitrogens with zero attached hydrogens (tertiary/aromatic N) is 3. The van der Waals surface area contributed by atoms with E-state index < -0.39 is 40.6 Å². The number of rotatable bonds is 12. The zero-order valence-corrected chi connectivity index (χ0v) is 24.1. The van der Waals surface area contributed by atoms with Crippen LogP contribution in [0.15, 0.2) is 47.0 Å². The van der Waals surface area contributed by atoms with E-state index in [2.05, 4.69) is 10.3 Å². The Morgan fingerprint density at radius 2 is 1.76 bits per heavy atom. The minimum Gasteiger partial charge on any atom is -0.492 e. The molecule has 2 heterocycles. The quantitative estimate of drug-likeness (QED) is 0.240. The number of carbonyl (C=O) groups is 3. The van der Waals surface area contributed by atoms with E-state index in [0.29, 0.717) is 29.0 Å². The number of pyridine rings is 1. The van der Waals surface area contributed by atoms with Crippen molar-refractivity contribution in [1.29, 1.82) is 0 Å². The van der Waals surface area contributed by atoms with Gasteiger partial charge in [0.1, 0.15) is 44.8 Å². The Kier molecular flexibility index (Phi) is 9.98. The van der Waals surface area contributed by atoms with Crippen molar-refractivity contribution < 1.29 is 28.6 Å². The van der Waals surface area contributed by atoms with E-state index in [1.807, 2.05) is 26.0 Å². The highest BCUT2D eigenvalue weighted by Crippen LogP contribution is 2.26. The molecule has 0 atom stereocenters. The molecule has 10 radical (unpaired) electrons. The molecular weight excluding hydrogens is 530 g/mol. The predicted molar refractivity (Wildman–Crippen MR) is 161 cm³/mol. The van der Waals surface area contributed by atoms with E-state index in [9.17, 15) is 19.5 Å². The summed E-state index contributed by atoms with van der Waals surface area (Å²) in [4.78, 5) is 46.3.